The molecule has 0 saturated heterocycles. The Morgan fingerprint density at radius 3 is 2.49 bits per heavy atom. The quantitative estimate of drug-likeness (QED) is 0.175. The molecule has 2 heterocycles. The maximum absolute atomic E-state index is 13.2. The first kappa shape index (κ1) is 24.0. The number of aromatic nitrogens is 4. The van der Waals surface area contributed by atoms with Crippen molar-refractivity contribution in [3.05, 3.63) is 100 Å². The maximum atomic E-state index is 13.2. The second-order valence-electron chi connectivity index (χ2n) is 7.30. The second kappa shape index (κ2) is 10.0. The van der Waals surface area contributed by atoms with Gasteiger partial charge in [-0.1, -0.05) is 28.9 Å². The standard InChI is InChI=1S/C23H15ClF4N6O/c24-21-17(9-16(10-29-21)14-3-7-19(25)8-4-14)12-34-13-20(31-33-34)11-30-32-22(35)15-1-5-18(6-2-15)23(26,27)28/h1-11,13H,12H2,(H,32,35)/b30-11+. The van der Waals surface area contributed by atoms with Gasteiger partial charge >= 0.3 is 6.18 Å². The Hall–Kier alpha value is -4.12. The fraction of sp³-hybridized carbons (Fsp3) is 0.0870. The normalized spacial score (nSPS) is 11.7. The molecule has 0 spiro atoms. The molecule has 1 N–H and O–H groups in total. The van der Waals surface area contributed by atoms with Crippen LogP contribution in [0.4, 0.5) is 17.6 Å². The molecule has 7 nitrogen and oxygen atoms in total. The molecule has 0 fully saturated rings. The van der Waals surface area contributed by atoms with Crippen LogP contribution >= 0.6 is 11.6 Å². The molecule has 4 rings (SSSR count). The second-order valence-corrected chi connectivity index (χ2v) is 7.65. The number of benzene rings is 2. The molecule has 2 aromatic heterocycles. The fourth-order valence-electron chi connectivity index (χ4n) is 3.06. The van der Waals surface area contributed by atoms with E-state index in [1.807, 2.05) is 6.07 Å². The van der Waals surface area contributed by atoms with Gasteiger partial charge in [-0.25, -0.2) is 19.5 Å². The number of amides is 1. The van der Waals surface area contributed by atoms with E-state index in [1.165, 1.54) is 23.0 Å². The first-order valence-electron chi connectivity index (χ1n) is 10.0. The molecule has 4 aromatic rings. The number of hydrazone groups is 1. The first-order valence-corrected chi connectivity index (χ1v) is 10.4. The van der Waals surface area contributed by atoms with Crippen LogP contribution < -0.4 is 5.43 Å². The van der Waals surface area contributed by atoms with Crippen LogP contribution in [0.25, 0.3) is 11.1 Å². The molecule has 0 radical (unpaired) electrons. The number of carbonyl (C=O) groups is 1. The average Bonchev–Trinajstić information content (AvgIpc) is 3.27. The van der Waals surface area contributed by atoms with E-state index in [-0.39, 0.29) is 23.1 Å². The van der Waals surface area contributed by atoms with E-state index >= 15 is 0 Å². The zero-order valence-corrected chi connectivity index (χ0v) is 18.4. The van der Waals surface area contributed by atoms with E-state index in [4.69, 9.17) is 11.6 Å². The number of hydrogen-bond acceptors (Lipinski definition) is 5. The molecule has 0 bridgehead atoms. The molecule has 0 aliphatic rings. The summed E-state index contributed by atoms with van der Waals surface area (Å²) in [6.45, 7) is 0.236. The van der Waals surface area contributed by atoms with Crippen molar-refractivity contribution < 1.29 is 22.4 Å². The molecule has 12 heteroatoms. The molecule has 0 aliphatic carbocycles. The summed E-state index contributed by atoms with van der Waals surface area (Å²) in [6.07, 6.45) is -0.117. The van der Waals surface area contributed by atoms with Gasteiger partial charge in [-0.3, -0.25) is 4.79 Å². The molecular weight excluding hydrogens is 488 g/mol. The molecule has 35 heavy (non-hydrogen) atoms. The van der Waals surface area contributed by atoms with E-state index in [9.17, 15) is 22.4 Å². The predicted octanol–water partition coefficient (Wildman–Crippen LogP) is 4.96. The highest BCUT2D eigenvalue weighted by Crippen LogP contribution is 2.29. The Balaban J connectivity index is 1.39. The van der Waals surface area contributed by atoms with Gasteiger partial charge < -0.3 is 0 Å². The highest BCUT2D eigenvalue weighted by Gasteiger charge is 2.30. The smallest absolute Gasteiger partial charge is 0.267 e. The zero-order chi connectivity index (χ0) is 25.0. The van der Waals surface area contributed by atoms with Crippen molar-refractivity contribution in [2.45, 2.75) is 12.7 Å². The molecule has 1 amide bonds. The lowest BCUT2D eigenvalue weighted by Crippen LogP contribution is -2.18. The number of halogens is 5. The molecule has 0 unspecified atom stereocenters. The Bertz CT molecular complexity index is 1370. The minimum Gasteiger partial charge on any atom is -0.267 e. The summed E-state index contributed by atoms with van der Waals surface area (Å²) in [4.78, 5) is 16.2. The van der Waals surface area contributed by atoms with E-state index in [0.717, 1.165) is 35.4 Å². The summed E-state index contributed by atoms with van der Waals surface area (Å²) in [6, 6.07) is 11.5. The van der Waals surface area contributed by atoms with Crippen LogP contribution in [0.1, 0.15) is 27.2 Å². The maximum Gasteiger partial charge on any atom is 0.416 e. The van der Waals surface area contributed by atoms with Crippen LogP contribution in [0, 0.1) is 5.82 Å². The molecule has 0 atom stereocenters. The monoisotopic (exact) mass is 502 g/mol. The summed E-state index contributed by atoms with van der Waals surface area (Å²) < 4.78 is 52.5. The third-order valence-electron chi connectivity index (χ3n) is 4.82. The number of alkyl halides is 3. The minimum atomic E-state index is -4.48. The lowest BCUT2D eigenvalue weighted by atomic mass is 10.1. The van der Waals surface area contributed by atoms with Gasteiger partial charge in [0.2, 0.25) is 0 Å². The number of rotatable bonds is 6. The Labute approximate surface area is 201 Å². The van der Waals surface area contributed by atoms with E-state index in [2.05, 4.69) is 25.8 Å². The zero-order valence-electron chi connectivity index (χ0n) is 17.7. The van der Waals surface area contributed by atoms with Gasteiger partial charge in [0.05, 0.1) is 24.5 Å². The predicted molar refractivity (Wildman–Crippen MR) is 120 cm³/mol. The number of pyridine rings is 1. The lowest BCUT2D eigenvalue weighted by Gasteiger charge is -2.07. The van der Waals surface area contributed by atoms with Crippen molar-refractivity contribution in [1.82, 2.24) is 25.4 Å². The van der Waals surface area contributed by atoms with Crippen LogP contribution in [0.5, 0.6) is 0 Å². The van der Waals surface area contributed by atoms with Crippen LogP contribution in [-0.4, -0.2) is 32.1 Å². The van der Waals surface area contributed by atoms with Gasteiger partial charge in [0.25, 0.3) is 5.91 Å². The highest BCUT2D eigenvalue weighted by atomic mass is 35.5. The Kier molecular flexibility index (Phi) is 6.87. The van der Waals surface area contributed by atoms with Gasteiger partial charge in [0.15, 0.2) is 0 Å². The number of nitrogens with zero attached hydrogens (tertiary/aromatic N) is 5. The molecule has 0 aliphatic heterocycles. The van der Waals surface area contributed by atoms with Crippen molar-refractivity contribution in [2.24, 2.45) is 5.10 Å². The first-order chi connectivity index (χ1) is 16.7. The summed E-state index contributed by atoms with van der Waals surface area (Å²) in [5.41, 5.74) is 3.86. The topological polar surface area (TPSA) is 85.1 Å². The van der Waals surface area contributed by atoms with Crippen LogP contribution in [-0.2, 0) is 12.7 Å². The van der Waals surface area contributed by atoms with Crippen LogP contribution in [0.15, 0.2) is 72.1 Å². The molecule has 178 valence electrons. The number of carbonyl (C=O) groups excluding carboxylic acids is 1. The summed E-state index contributed by atoms with van der Waals surface area (Å²) in [5.74, 6) is -1.03. The van der Waals surface area contributed by atoms with Gasteiger partial charge in [-0.15, -0.1) is 5.10 Å². The minimum absolute atomic E-state index is 0.0157. The lowest BCUT2D eigenvalue weighted by molar-refractivity contribution is -0.137. The largest absolute Gasteiger partial charge is 0.416 e. The number of nitrogens with one attached hydrogen (secondary N) is 1. The average molecular weight is 503 g/mol. The van der Waals surface area contributed by atoms with Crippen molar-refractivity contribution >= 4 is 23.7 Å². The summed E-state index contributed by atoms with van der Waals surface area (Å²) in [5, 5.41) is 11.9. The molecule has 0 saturated carbocycles. The molecule has 2 aromatic carbocycles. The highest BCUT2D eigenvalue weighted by molar-refractivity contribution is 6.30. The van der Waals surface area contributed by atoms with Gasteiger partial charge in [0, 0.05) is 22.9 Å². The fourth-order valence-corrected chi connectivity index (χ4v) is 3.22. The van der Waals surface area contributed by atoms with Crippen molar-refractivity contribution in [3.63, 3.8) is 0 Å². The van der Waals surface area contributed by atoms with Crippen LogP contribution in [0.2, 0.25) is 5.15 Å². The van der Waals surface area contributed by atoms with Gasteiger partial charge in [-0.05, 0) is 48.0 Å². The SMILES string of the molecule is O=C(N/N=C/c1cn(Cc2cc(-c3ccc(F)cc3)cnc2Cl)nn1)c1ccc(C(F)(F)F)cc1. The van der Waals surface area contributed by atoms with Gasteiger partial charge in [0.1, 0.15) is 16.7 Å². The Morgan fingerprint density at radius 2 is 1.80 bits per heavy atom. The van der Waals surface area contributed by atoms with Crippen molar-refractivity contribution in [1.29, 1.82) is 0 Å². The van der Waals surface area contributed by atoms with Gasteiger partial charge in [-0.2, -0.15) is 18.3 Å². The van der Waals surface area contributed by atoms with E-state index in [1.54, 1.807) is 24.5 Å². The Morgan fingerprint density at radius 1 is 1.09 bits per heavy atom. The van der Waals surface area contributed by atoms with Crippen molar-refractivity contribution in [3.8, 4) is 11.1 Å². The summed E-state index contributed by atoms with van der Waals surface area (Å²) in [7, 11) is 0. The third-order valence-corrected chi connectivity index (χ3v) is 5.16. The van der Waals surface area contributed by atoms with E-state index in [0.29, 0.717) is 11.3 Å². The molecular formula is C23H15ClF4N6O. The van der Waals surface area contributed by atoms with Crippen molar-refractivity contribution in [2.75, 3.05) is 0 Å². The van der Waals surface area contributed by atoms with Crippen LogP contribution in [0.3, 0.4) is 0 Å². The third kappa shape index (κ3) is 6.07. The van der Waals surface area contributed by atoms with E-state index < -0.39 is 17.6 Å². The number of hydrogen-bond donors (Lipinski definition) is 1. The summed E-state index contributed by atoms with van der Waals surface area (Å²) >= 11 is 6.21.